The normalized spacial score (nSPS) is 11.2. The molecule has 0 unspecified atom stereocenters. The molecule has 2 rings (SSSR count). The Morgan fingerprint density at radius 2 is 1.84 bits per heavy atom. The number of hydrogen-bond acceptors (Lipinski definition) is 7. The number of aromatic nitrogens is 1. The lowest BCUT2D eigenvalue weighted by molar-refractivity contribution is -0.124. The van der Waals surface area contributed by atoms with Gasteiger partial charge in [-0.2, -0.15) is 12.6 Å². The van der Waals surface area contributed by atoms with E-state index in [9.17, 15) is 18.8 Å². The highest BCUT2D eigenvalue weighted by Crippen LogP contribution is 2.23. The molecule has 0 spiro atoms. The van der Waals surface area contributed by atoms with E-state index in [2.05, 4.69) is 38.9 Å². The summed E-state index contributed by atoms with van der Waals surface area (Å²) in [5.74, 6) is -0.759. The number of nitrogens with zero attached hydrogens (tertiary/aromatic N) is 1. The number of benzene rings is 1. The third-order valence-electron chi connectivity index (χ3n) is 3.91. The van der Waals surface area contributed by atoms with Crippen molar-refractivity contribution in [2.75, 3.05) is 28.3 Å². The zero-order chi connectivity index (χ0) is 22.8. The number of hydrogen-bond donors (Lipinski definition) is 5. The Morgan fingerprint density at radius 1 is 1.13 bits per heavy atom. The number of amides is 3. The van der Waals surface area contributed by atoms with E-state index in [0.717, 1.165) is 5.56 Å². The molecule has 0 bridgehead atoms. The maximum atomic E-state index is 13.1. The lowest BCUT2D eigenvalue weighted by Gasteiger charge is -2.18. The van der Waals surface area contributed by atoms with Crippen LogP contribution in [-0.4, -0.2) is 41.3 Å². The molecule has 1 aromatic heterocycles. The Morgan fingerprint density at radius 3 is 2.45 bits per heavy atom. The molecule has 1 heterocycles. The lowest BCUT2D eigenvalue weighted by Crippen LogP contribution is -2.44. The van der Waals surface area contributed by atoms with Crippen LogP contribution in [0.3, 0.4) is 0 Å². The predicted molar refractivity (Wildman–Crippen MR) is 119 cm³/mol. The highest BCUT2D eigenvalue weighted by molar-refractivity contribution is 7.80. The van der Waals surface area contributed by atoms with Crippen LogP contribution in [0.4, 0.5) is 26.5 Å². The zero-order valence-corrected chi connectivity index (χ0v) is 18.0. The molecule has 4 N–H and O–H groups in total. The standard InChI is InChI=1S/C20H24FN5O4S/c1-3-30-20(29)24-15-8-9-17(22-10-13-4-6-14(21)7-5-13)25-18(15)26-19(28)16(11-31)23-12(2)27/h4-9,16,31H,3,10-11H2,1-2H3,(H,23,27)(H,24,29)(H2,22,25,26,28)/t16-/m0/s1. The van der Waals surface area contributed by atoms with Crippen molar-refractivity contribution in [2.24, 2.45) is 0 Å². The van der Waals surface area contributed by atoms with Crippen LogP contribution in [0.5, 0.6) is 0 Å². The fourth-order valence-corrected chi connectivity index (χ4v) is 2.73. The first-order chi connectivity index (χ1) is 14.8. The van der Waals surface area contributed by atoms with Crippen LogP contribution in [0.25, 0.3) is 0 Å². The van der Waals surface area contributed by atoms with Crippen molar-refractivity contribution in [2.45, 2.75) is 26.4 Å². The molecule has 2 aromatic rings. The summed E-state index contributed by atoms with van der Waals surface area (Å²) in [5, 5.41) is 10.6. The van der Waals surface area contributed by atoms with Gasteiger partial charge in [0.2, 0.25) is 11.8 Å². The van der Waals surface area contributed by atoms with Crippen LogP contribution >= 0.6 is 12.6 Å². The monoisotopic (exact) mass is 449 g/mol. The van der Waals surface area contributed by atoms with Gasteiger partial charge < -0.3 is 20.7 Å². The summed E-state index contributed by atoms with van der Waals surface area (Å²) in [6.07, 6.45) is -0.709. The molecule has 0 aliphatic carbocycles. The molecule has 166 valence electrons. The molecule has 0 aliphatic rings. The summed E-state index contributed by atoms with van der Waals surface area (Å²) >= 11 is 4.08. The quantitative estimate of drug-likeness (QED) is 0.376. The molecule has 0 saturated carbocycles. The molecular formula is C20H24FN5O4S. The Bertz CT molecular complexity index is 926. The SMILES string of the molecule is CCOC(=O)Nc1ccc(NCc2ccc(F)cc2)nc1NC(=O)[C@H](CS)NC(C)=O. The van der Waals surface area contributed by atoms with Crippen molar-refractivity contribution in [1.29, 1.82) is 0 Å². The first kappa shape index (κ1) is 23.9. The van der Waals surface area contributed by atoms with Gasteiger partial charge >= 0.3 is 6.09 Å². The van der Waals surface area contributed by atoms with Gasteiger partial charge in [0.1, 0.15) is 17.7 Å². The van der Waals surface area contributed by atoms with E-state index in [1.165, 1.54) is 19.1 Å². The van der Waals surface area contributed by atoms with E-state index in [0.29, 0.717) is 12.4 Å². The van der Waals surface area contributed by atoms with Crippen LogP contribution in [0.2, 0.25) is 0 Å². The molecule has 31 heavy (non-hydrogen) atoms. The zero-order valence-electron chi connectivity index (χ0n) is 17.1. The Labute approximate surface area is 184 Å². The van der Waals surface area contributed by atoms with Crippen molar-refractivity contribution in [3.8, 4) is 0 Å². The highest BCUT2D eigenvalue weighted by Gasteiger charge is 2.20. The lowest BCUT2D eigenvalue weighted by atomic mass is 10.2. The minimum atomic E-state index is -0.895. The summed E-state index contributed by atoms with van der Waals surface area (Å²) < 4.78 is 17.9. The Kier molecular flexibility index (Phi) is 9.07. The van der Waals surface area contributed by atoms with E-state index in [4.69, 9.17) is 4.74 Å². The number of thiol groups is 1. The van der Waals surface area contributed by atoms with Crippen LogP contribution < -0.4 is 21.3 Å². The van der Waals surface area contributed by atoms with Gasteiger partial charge in [0, 0.05) is 19.2 Å². The largest absolute Gasteiger partial charge is 0.450 e. The number of carbonyl (C=O) groups is 3. The van der Waals surface area contributed by atoms with E-state index >= 15 is 0 Å². The average molecular weight is 450 g/mol. The topological polar surface area (TPSA) is 121 Å². The first-order valence-corrected chi connectivity index (χ1v) is 10.1. The van der Waals surface area contributed by atoms with Crippen LogP contribution in [0.1, 0.15) is 19.4 Å². The molecular weight excluding hydrogens is 425 g/mol. The van der Waals surface area contributed by atoms with Gasteiger partial charge in [0.25, 0.3) is 0 Å². The van der Waals surface area contributed by atoms with Crippen molar-refractivity contribution >= 4 is 47.9 Å². The van der Waals surface area contributed by atoms with Crippen molar-refractivity contribution in [3.63, 3.8) is 0 Å². The van der Waals surface area contributed by atoms with E-state index in [-0.39, 0.29) is 35.6 Å². The summed E-state index contributed by atoms with van der Waals surface area (Å²) in [5.41, 5.74) is 1.03. The van der Waals surface area contributed by atoms with Gasteiger partial charge in [-0.05, 0) is 36.8 Å². The third kappa shape index (κ3) is 7.78. The van der Waals surface area contributed by atoms with Crippen molar-refractivity contribution in [1.82, 2.24) is 10.3 Å². The number of nitrogens with one attached hydrogen (secondary N) is 4. The molecule has 0 saturated heterocycles. The average Bonchev–Trinajstić information content (AvgIpc) is 2.73. The van der Waals surface area contributed by atoms with Crippen LogP contribution in [0, 0.1) is 5.82 Å². The Balaban J connectivity index is 2.21. The molecule has 1 atom stereocenters. The number of rotatable bonds is 9. The Hall–Kier alpha value is -3.34. The molecule has 0 radical (unpaired) electrons. The fraction of sp³-hybridized carbons (Fsp3) is 0.300. The smallest absolute Gasteiger partial charge is 0.411 e. The fourth-order valence-electron chi connectivity index (χ4n) is 2.47. The van der Waals surface area contributed by atoms with Gasteiger partial charge in [0.15, 0.2) is 5.82 Å². The van der Waals surface area contributed by atoms with E-state index in [1.54, 1.807) is 31.2 Å². The number of halogens is 1. The molecule has 0 aliphatic heterocycles. The number of pyridine rings is 1. The first-order valence-electron chi connectivity index (χ1n) is 9.44. The third-order valence-corrected chi connectivity index (χ3v) is 4.28. The van der Waals surface area contributed by atoms with Crippen molar-refractivity contribution in [3.05, 3.63) is 47.8 Å². The van der Waals surface area contributed by atoms with Crippen LogP contribution in [-0.2, 0) is 20.9 Å². The number of anilines is 3. The molecule has 3 amide bonds. The van der Waals surface area contributed by atoms with Gasteiger partial charge in [-0.25, -0.2) is 14.2 Å². The summed E-state index contributed by atoms with van der Waals surface area (Å²) in [4.78, 5) is 40.0. The molecule has 0 fully saturated rings. The predicted octanol–water partition coefficient (Wildman–Crippen LogP) is 2.77. The number of carbonyl (C=O) groups excluding carboxylic acids is 3. The molecule has 11 heteroatoms. The minimum absolute atomic E-state index is 0.0549. The maximum absolute atomic E-state index is 13.1. The minimum Gasteiger partial charge on any atom is -0.450 e. The maximum Gasteiger partial charge on any atom is 0.411 e. The van der Waals surface area contributed by atoms with Gasteiger partial charge in [-0.1, -0.05) is 12.1 Å². The molecule has 9 nitrogen and oxygen atoms in total. The summed E-state index contributed by atoms with van der Waals surface area (Å²) in [7, 11) is 0. The van der Waals surface area contributed by atoms with Gasteiger partial charge in [-0.3, -0.25) is 14.9 Å². The second kappa shape index (κ2) is 11.7. The van der Waals surface area contributed by atoms with Crippen molar-refractivity contribution < 1.29 is 23.5 Å². The number of ether oxygens (including phenoxy) is 1. The highest BCUT2D eigenvalue weighted by atomic mass is 32.1. The van der Waals surface area contributed by atoms with Gasteiger partial charge in [-0.15, -0.1) is 0 Å². The summed E-state index contributed by atoms with van der Waals surface area (Å²) in [6, 6.07) is 8.21. The van der Waals surface area contributed by atoms with Gasteiger partial charge in [0.05, 0.1) is 12.3 Å². The van der Waals surface area contributed by atoms with Crippen LogP contribution in [0.15, 0.2) is 36.4 Å². The van der Waals surface area contributed by atoms with E-state index in [1.807, 2.05) is 0 Å². The van der Waals surface area contributed by atoms with E-state index < -0.39 is 18.0 Å². The second-order valence-electron chi connectivity index (χ2n) is 6.34. The second-order valence-corrected chi connectivity index (χ2v) is 6.71. The summed E-state index contributed by atoms with van der Waals surface area (Å²) in [6.45, 7) is 3.47. The molecule has 1 aromatic carbocycles.